The molecule has 0 atom stereocenters. The Balaban J connectivity index is 1.17. The Bertz CT molecular complexity index is 1390. The molecule has 4 aromatic rings. The van der Waals surface area contributed by atoms with Gasteiger partial charge in [-0.25, -0.2) is 10.9 Å². The first kappa shape index (κ1) is 28.4. The van der Waals surface area contributed by atoms with Crippen LogP contribution in [0.4, 0.5) is 0 Å². The van der Waals surface area contributed by atoms with Crippen molar-refractivity contribution in [3.05, 3.63) is 129 Å². The summed E-state index contributed by atoms with van der Waals surface area (Å²) in [7, 11) is 0. The molecule has 0 saturated heterocycles. The highest BCUT2D eigenvalue weighted by Gasteiger charge is 2.11. The maximum absolute atomic E-state index is 12.0. The number of ether oxygens (including phenoxy) is 2. The molecule has 0 aliphatic rings. The number of carbonyl (C=O) groups excluding carboxylic acids is 2. The van der Waals surface area contributed by atoms with Crippen molar-refractivity contribution in [2.75, 3.05) is 0 Å². The first-order chi connectivity index (χ1) is 19.5. The van der Waals surface area contributed by atoms with Crippen LogP contribution in [0.1, 0.15) is 22.3 Å². The number of hydrogen-bond acceptors (Lipinski definition) is 6. The van der Waals surface area contributed by atoms with Gasteiger partial charge in [0.2, 0.25) is 0 Å². The summed E-state index contributed by atoms with van der Waals surface area (Å²) in [5.41, 5.74) is 7.48. The van der Waals surface area contributed by atoms with Gasteiger partial charge in [-0.3, -0.25) is 9.59 Å². The highest BCUT2D eigenvalue weighted by atomic mass is 35.5. The molecule has 10 heteroatoms. The van der Waals surface area contributed by atoms with E-state index in [4.69, 9.17) is 32.7 Å². The average molecular weight is 575 g/mol. The normalized spacial score (nSPS) is 10.9. The van der Waals surface area contributed by atoms with Gasteiger partial charge < -0.3 is 9.47 Å². The lowest BCUT2D eigenvalue weighted by molar-refractivity contribution is -0.139. The van der Waals surface area contributed by atoms with Gasteiger partial charge in [-0.05, 0) is 71.8 Å². The minimum absolute atomic E-state index is 0.338. The van der Waals surface area contributed by atoms with Crippen LogP contribution in [0.2, 0.25) is 10.0 Å². The number of benzene rings is 4. The van der Waals surface area contributed by atoms with Gasteiger partial charge in [0.1, 0.15) is 24.7 Å². The number of nitrogens with zero attached hydrogens (tertiary/aromatic N) is 2. The van der Waals surface area contributed by atoms with Gasteiger partial charge in [0, 0.05) is 21.2 Å². The quantitative estimate of drug-likeness (QED) is 0.143. The Hall–Kier alpha value is -4.66. The summed E-state index contributed by atoms with van der Waals surface area (Å²) in [6.45, 7) is 0.677. The molecule has 0 saturated carbocycles. The first-order valence-electron chi connectivity index (χ1n) is 12.1. The topological polar surface area (TPSA) is 101 Å². The molecule has 40 heavy (non-hydrogen) atoms. The molecule has 8 nitrogen and oxygen atoms in total. The predicted molar refractivity (Wildman–Crippen MR) is 156 cm³/mol. The number of amides is 2. The van der Waals surface area contributed by atoms with Crippen molar-refractivity contribution in [3.8, 4) is 11.5 Å². The Labute approximate surface area is 241 Å². The summed E-state index contributed by atoms with van der Waals surface area (Å²) in [6, 6.07) is 29.0. The first-order valence-corrected chi connectivity index (χ1v) is 12.8. The monoisotopic (exact) mass is 574 g/mol. The minimum atomic E-state index is -0.962. The fourth-order valence-corrected chi connectivity index (χ4v) is 3.67. The highest BCUT2D eigenvalue weighted by molar-refractivity contribution is 6.35. The van der Waals surface area contributed by atoms with Crippen LogP contribution in [-0.4, -0.2) is 24.2 Å². The summed E-state index contributed by atoms with van der Waals surface area (Å²) in [4.78, 5) is 23.9. The number of hydrazone groups is 2. The molecule has 0 radical (unpaired) electrons. The summed E-state index contributed by atoms with van der Waals surface area (Å²) in [6.07, 6.45) is 2.81. The second-order valence-corrected chi connectivity index (χ2v) is 9.11. The molecule has 0 fully saturated rings. The van der Waals surface area contributed by atoms with Crippen molar-refractivity contribution in [3.63, 3.8) is 0 Å². The number of halogens is 2. The number of carbonyl (C=O) groups is 2. The van der Waals surface area contributed by atoms with Crippen LogP contribution >= 0.6 is 23.2 Å². The van der Waals surface area contributed by atoms with E-state index in [1.807, 2.05) is 36.4 Å². The molecule has 0 aliphatic carbocycles. The van der Waals surface area contributed by atoms with Gasteiger partial charge in [0.05, 0.1) is 12.4 Å². The van der Waals surface area contributed by atoms with E-state index < -0.39 is 11.8 Å². The lowest BCUT2D eigenvalue weighted by atomic mass is 10.2. The number of nitrogens with one attached hydrogen (secondary N) is 2. The second kappa shape index (κ2) is 14.5. The Morgan fingerprint density at radius 3 is 1.35 bits per heavy atom. The molecule has 2 amide bonds. The fourth-order valence-electron chi connectivity index (χ4n) is 3.29. The molecule has 0 unspecified atom stereocenters. The van der Waals surface area contributed by atoms with Crippen molar-refractivity contribution in [1.29, 1.82) is 0 Å². The van der Waals surface area contributed by atoms with E-state index in [0.29, 0.717) is 45.9 Å². The van der Waals surface area contributed by atoms with Crippen LogP contribution in [0, 0.1) is 0 Å². The van der Waals surface area contributed by atoms with Crippen LogP contribution in [-0.2, 0) is 22.8 Å². The van der Waals surface area contributed by atoms with E-state index >= 15 is 0 Å². The lowest BCUT2D eigenvalue weighted by Gasteiger charge is -2.07. The van der Waals surface area contributed by atoms with Crippen LogP contribution in [0.15, 0.2) is 107 Å². The molecule has 0 aliphatic heterocycles. The fraction of sp³-hybridized carbons (Fsp3) is 0.0667. The molecule has 202 valence electrons. The smallest absolute Gasteiger partial charge is 0.331 e. The molecular weight excluding hydrogens is 551 g/mol. The van der Waals surface area contributed by atoms with E-state index in [1.54, 1.807) is 60.7 Å². The van der Waals surface area contributed by atoms with E-state index in [1.165, 1.54) is 12.4 Å². The third-order valence-corrected chi connectivity index (χ3v) is 6.17. The van der Waals surface area contributed by atoms with Crippen LogP contribution < -0.4 is 20.3 Å². The van der Waals surface area contributed by atoms with E-state index in [2.05, 4.69) is 21.1 Å². The predicted octanol–water partition coefficient (Wildman–Crippen LogP) is 5.75. The maximum Gasteiger partial charge on any atom is 0.331 e. The zero-order valence-electron chi connectivity index (χ0n) is 21.1. The SMILES string of the molecule is O=C(N/N=C/c1ccc(OCc2ccccc2Cl)cc1)C(=O)N/N=C/c1ccc(OCc2ccccc2Cl)cc1. The Morgan fingerprint density at radius 2 is 0.975 bits per heavy atom. The van der Waals surface area contributed by atoms with Crippen molar-refractivity contribution < 1.29 is 19.1 Å². The summed E-state index contributed by atoms with van der Waals surface area (Å²) in [5.74, 6) is -0.622. The Morgan fingerprint density at radius 1 is 0.600 bits per heavy atom. The zero-order chi connectivity index (χ0) is 28.2. The van der Waals surface area contributed by atoms with Crippen LogP contribution in [0.5, 0.6) is 11.5 Å². The summed E-state index contributed by atoms with van der Waals surface area (Å²) < 4.78 is 11.5. The van der Waals surface area contributed by atoms with Gasteiger partial charge in [-0.1, -0.05) is 59.6 Å². The maximum atomic E-state index is 12.0. The van der Waals surface area contributed by atoms with Gasteiger partial charge >= 0.3 is 11.8 Å². The van der Waals surface area contributed by atoms with Crippen LogP contribution in [0.25, 0.3) is 0 Å². The minimum Gasteiger partial charge on any atom is -0.489 e. The molecule has 4 aromatic carbocycles. The largest absolute Gasteiger partial charge is 0.489 e. The van der Waals surface area contributed by atoms with Crippen molar-refractivity contribution in [2.24, 2.45) is 10.2 Å². The summed E-state index contributed by atoms with van der Waals surface area (Å²) >= 11 is 12.3. The lowest BCUT2D eigenvalue weighted by Crippen LogP contribution is -2.35. The van der Waals surface area contributed by atoms with E-state index in [0.717, 1.165) is 11.1 Å². The van der Waals surface area contributed by atoms with E-state index in [-0.39, 0.29) is 0 Å². The van der Waals surface area contributed by atoms with Crippen molar-refractivity contribution >= 4 is 47.4 Å². The highest BCUT2D eigenvalue weighted by Crippen LogP contribution is 2.20. The Kier molecular flexibility index (Phi) is 10.3. The third kappa shape index (κ3) is 8.69. The third-order valence-electron chi connectivity index (χ3n) is 5.43. The van der Waals surface area contributed by atoms with Crippen molar-refractivity contribution in [1.82, 2.24) is 10.9 Å². The summed E-state index contributed by atoms with van der Waals surface area (Å²) in [5, 5.41) is 8.88. The standard InChI is InChI=1S/C30H24Cl2N4O4/c31-27-7-3-1-5-23(27)19-39-25-13-9-21(10-14-25)17-33-35-29(37)30(38)36-34-18-22-11-15-26(16-12-22)40-20-24-6-2-4-8-28(24)32/h1-18H,19-20H2,(H,35,37)(H,36,38)/b33-17+,34-18+. The van der Waals surface area contributed by atoms with Gasteiger partial charge in [-0.2, -0.15) is 10.2 Å². The number of hydrogen-bond donors (Lipinski definition) is 2. The zero-order valence-corrected chi connectivity index (χ0v) is 22.6. The molecule has 0 spiro atoms. The molecular formula is C30H24Cl2N4O4. The van der Waals surface area contributed by atoms with Gasteiger partial charge in [-0.15, -0.1) is 0 Å². The van der Waals surface area contributed by atoms with Gasteiger partial charge in [0.15, 0.2) is 0 Å². The average Bonchev–Trinajstić information content (AvgIpc) is 2.97. The molecule has 4 rings (SSSR count). The van der Waals surface area contributed by atoms with Gasteiger partial charge in [0.25, 0.3) is 0 Å². The second-order valence-electron chi connectivity index (χ2n) is 8.30. The van der Waals surface area contributed by atoms with E-state index in [9.17, 15) is 9.59 Å². The molecule has 0 heterocycles. The van der Waals surface area contributed by atoms with Crippen LogP contribution in [0.3, 0.4) is 0 Å². The molecule has 2 N–H and O–H groups in total. The van der Waals surface area contributed by atoms with Crippen molar-refractivity contribution in [2.45, 2.75) is 13.2 Å². The molecule has 0 aromatic heterocycles. The number of rotatable bonds is 10. The molecule has 0 bridgehead atoms.